The second-order valence-electron chi connectivity index (χ2n) is 4.49. The van der Waals surface area contributed by atoms with Crippen LogP contribution in [-0.2, 0) is 9.53 Å². The molecule has 19 heavy (non-hydrogen) atoms. The number of hydrogen-bond donors (Lipinski definition) is 1. The highest BCUT2D eigenvalue weighted by atomic mass is 32.2. The molecule has 0 radical (unpaired) electrons. The third-order valence-electron chi connectivity index (χ3n) is 2.60. The number of carbonyl (C=O) groups excluding carboxylic acids is 2. The molecule has 1 amide bonds. The number of carbonyl (C=O) groups is 2. The highest BCUT2D eigenvalue weighted by Gasteiger charge is 2.23. The van der Waals surface area contributed by atoms with Crippen LogP contribution >= 0.6 is 11.8 Å². The SMILES string of the molecule is C=C(C)COC(=O)c1ccc2c(c1)NC(=O)[C@H](C)S2. The first-order valence-corrected chi connectivity index (χ1v) is 6.78. The van der Waals surface area contributed by atoms with Crippen molar-refractivity contribution in [3.05, 3.63) is 35.9 Å². The number of benzene rings is 1. The van der Waals surface area contributed by atoms with E-state index >= 15 is 0 Å². The number of amides is 1. The predicted octanol–water partition coefficient (Wildman–Crippen LogP) is 2.85. The second-order valence-corrected chi connectivity index (χ2v) is 5.88. The van der Waals surface area contributed by atoms with Gasteiger partial charge in [-0.1, -0.05) is 6.58 Å². The van der Waals surface area contributed by atoms with E-state index in [0.717, 1.165) is 10.5 Å². The van der Waals surface area contributed by atoms with Crippen LogP contribution in [0, 0.1) is 0 Å². The Hall–Kier alpha value is -1.75. The molecule has 0 spiro atoms. The topological polar surface area (TPSA) is 55.4 Å². The maximum absolute atomic E-state index is 11.8. The van der Waals surface area contributed by atoms with E-state index in [4.69, 9.17) is 4.74 Å². The van der Waals surface area contributed by atoms with Gasteiger partial charge in [0.25, 0.3) is 0 Å². The van der Waals surface area contributed by atoms with E-state index < -0.39 is 5.97 Å². The Morgan fingerprint density at radius 3 is 2.95 bits per heavy atom. The van der Waals surface area contributed by atoms with Crippen LogP contribution in [0.1, 0.15) is 24.2 Å². The molecule has 0 fully saturated rings. The Balaban J connectivity index is 2.17. The average molecular weight is 277 g/mol. The van der Waals surface area contributed by atoms with Crippen LogP contribution in [0.2, 0.25) is 0 Å². The van der Waals surface area contributed by atoms with Gasteiger partial charge in [0.1, 0.15) is 6.61 Å². The molecule has 1 aliphatic heterocycles. The molecule has 1 aliphatic rings. The maximum atomic E-state index is 11.8. The minimum absolute atomic E-state index is 0.0510. The Morgan fingerprint density at radius 2 is 2.26 bits per heavy atom. The smallest absolute Gasteiger partial charge is 0.338 e. The predicted molar refractivity (Wildman–Crippen MR) is 75.5 cm³/mol. The summed E-state index contributed by atoms with van der Waals surface area (Å²) in [5.74, 6) is -0.464. The summed E-state index contributed by atoms with van der Waals surface area (Å²) in [5, 5.41) is 2.67. The van der Waals surface area contributed by atoms with E-state index in [1.165, 1.54) is 11.8 Å². The molecule has 1 aromatic carbocycles. The summed E-state index contributed by atoms with van der Waals surface area (Å²) in [6.07, 6.45) is 0. The van der Waals surface area contributed by atoms with Crippen LogP contribution in [-0.4, -0.2) is 23.7 Å². The second kappa shape index (κ2) is 5.48. The van der Waals surface area contributed by atoms with Gasteiger partial charge in [-0.2, -0.15) is 0 Å². The first-order valence-electron chi connectivity index (χ1n) is 5.90. The number of fused-ring (bicyclic) bond motifs is 1. The monoisotopic (exact) mass is 277 g/mol. The molecule has 0 aromatic heterocycles. The number of rotatable bonds is 3. The quantitative estimate of drug-likeness (QED) is 0.682. The minimum Gasteiger partial charge on any atom is -0.458 e. The van der Waals surface area contributed by atoms with Crippen LogP contribution in [0.4, 0.5) is 5.69 Å². The van der Waals surface area contributed by atoms with Gasteiger partial charge in [-0.05, 0) is 37.6 Å². The van der Waals surface area contributed by atoms with Crippen molar-refractivity contribution in [2.75, 3.05) is 11.9 Å². The Kier molecular flexibility index (Phi) is 3.95. The Bertz CT molecular complexity index is 554. The first kappa shape index (κ1) is 13.7. The lowest BCUT2D eigenvalue weighted by Crippen LogP contribution is -2.26. The highest BCUT2D eigenvalue weighted by Crippen LogP contribution is 2.35. The number of anilines is 1. The summed E-state index contributed by atoms with van der Waals surface area (Å²) in [6.45, 7) is 7.51. The van der Waals surface area contributed by atoms with Gasteiger partial charge < -0.3 is 10.1 Å². The lowest BCUT2D eigenvalue weighted by atomic mass is 10.2. The molecule has 1 N–H and O–H groups in total. The van der Waals surface area contributed by atoms with E-state index in [-0.39, 0.29) is 17.8 Å². The fourth-order valence-corrected chi connectivity index (χ4v) is 2.54. The van der Waals surface area contributed by atoms with Gasteiger partial charge in [-0.15, -0.1) is 11.8 Å². The molecule has 5 heteroatoms. The van der Waals surface area contributed by atoms with Gasteiger partial charge in [-0.25, -0.2) is 4.79 Å². The van der Waals surface area contributed by atoms with Gasteiger partial charge >= 0.3 is 5.97 Å². The maximum Gasteiger partial charge on any atom is 0.338 e. The van der Waals surface area contributed by atoms with Gasteiger partial charge in [0.15, 0.2) is 0 Å². The molecular weight excluding hydrogens is 262 g/mol. The molecule has 0 unspecified atom stereocenters. The van der Waals surface area contributed by atoms with Crippen molar-refractivity contribution in [2.24, 2.45) is 0 Å². The summed E-state index contributed by atoms with van der Waals surface area (Å²) in [5.41, 5.74) is 1.87. The molecule has 1 heterocycles. The third kappa shape index (κ3) is 3.17. The fourth-order valence-electron chi connectivity index (χ4n) is 1.61. The van der Waals surface area contributed by atoms with Crippen molar-refractivity contribution in [3.63, 3.8) is 0 Å². The van der Waals surface area contributed by atoms with E-state index in [2.05, 4.69) is 11.9 Å². The lowest BCUT2D eigenvalue weighted by Gasteiger charge is -2.21. The summed E-state index contributed by atoms with van der Waals surface area (Å²) >= 11 is 1.48. The van der Waals surface area contributed by atoms with Crippen LogP contribution < -0.4 is 5.32 Å². The summed E-state index contributed by atoms with van der Waals surface area (Å²) in [7, 11) is 0. The van der Waals surface area contributed by atoms with Gasteiger partial charge in [0, 0.05) is 4.90 Å². The first-order chi connectivity index (χ1) is 8.97. The molecule has 0 saturated carbocycles. The number of ether oxygens (including phenoxy) is 1. The van der Waals surface area contributed by atoms with Gasteiger partial charge in [0.2, 0.25) is 5.91 Å². The molecule has 0 saturated heterocycles. The normalized spacial score (nSPS) is 17.4. The molecule has 0 bridgehead atoms. The average Bonchev–Trinajstić information content (AvgIpc) is 2.36. The fraction of sp³-hybridized carbons (Fsp3) is 0.286. The summed E-state index contributed by atoms with van der Waals surface area (Å²) < 4.78 is 5.07. The zero-order valence-electron chi connectivity index (χ0n) is 10.9. The highest BCUT2D eigenvalue weighted by molar-refractivity contribution is 8.00. The Labute approximate surface area is 116 Å². The molecule has 2 rings (SSSR count). The van der Waals surface area contributed by atoms with Crippen LogP contribution in [0.5, 0.6) is 0 Å². The van der Waals surface area contributed by atoms with Crippen molar-refractivity contribution in [3.8, 4) is 0 Å². The molecule has 1 atom stereocenters. The van der Waals surface area contributed by atoms with Crippen molar-refractivity contribution in [1.82, 2.24) is 0 Å². The van der Waals surface area contributed by atoms with Crippen LogP contribution in [0.15, 0.2) is 35.2 Å². The number of esters is 1. The number of thioether (sulfide) groups is 1. The van der Waals surface area contributed by atoms with E-state index in [9.17, 15) is 9.59 Å². The summed E-state index contributed by atoms with van der Waals surface area (Å²) in [4.78, 5) is 24.4. The van der Waals surface area contributed by atoms with Gasteiger partial charge in [0.05, 0.1) is 16.5 Å². The number of nitrogens with one attached hydrogen (secondary N) is 1. The van der Waals surface area contributed by atoms with Crippen molar-refractivity contribution >= 4 is 29.3 Å². The zero-order valence-corrected chi connectivity index (χ0v) is 11.7. The third-order valence-corrected chi connectivity index (χ3v) is 3.77. The van der Waals surface area contributed by atoms with Crippen molar-refractivity contribution in [2.45, 2.75) is 24.0 Å². The van der Waals surface area contributed by atoms with Crippen molar-refractivity contribution in [1.29, 1.82) is 0 Å². The standard InChI is InChI=1S/C14H15NO3S/c1-8(2)7-18-14(17)10-4-5-12-11(6-10)15-13(16)9(3)19-12/h4-6,9H,1,7H2,2-3H3,(H,15,16)/t9-/m0/s1. The van der Waals surface area contributed by atoms with E-state index in [0.29, 0.717) is 11.3 Å². The molecule has 4 nitrogen and oxygen atoms in total. The van der Waals surface area contributed by atoms with Crippen molar-refractivity contribution < 1.29 is 14.3 Å². The van der Waals surface area contributed by atoms with Crippen LogP contribution in [0.25, 0.3) is 0 Å². The lowest BCUT2D eigenvalue weighted by molar-refractivity contribution is -0.115. The molecule has 100 valence electrons. The van der Waals surface area contributed by atoms with Gasteiger partial charge in [-0.3, -0.25) is 4.79 Å². The summed E-state index contributed by atoms with van der Waals surface area (Å²) in [6, 6.07) is 5.18. The molecule has 0 aliphatic carbocycles. The van der Waals surface area contributed by atoms with E-state index in [1.807, 2.05) is 13.0 Å². The van der Waals surface area contributed by atoms with E-state index in [1.54, 1.807) is 19.1 Å². The molecular formula is C14H15NO3S. The minimum atomic E-state index is -0.413. The molecule has 1 aromatic rings. The zero-order chi connectivity index (χ0) is 14.0. The largest absolute Gasteiger partial charge is 0.458 e. The number of hydrogen-bond acceptors (Lipinski definition) is 4. The van der Waals surface area contributed by atoms with Crippen LogP contribution in [0.3, 0.4) is 0 Å². The Morgan fingerprint density at radius 1 is 1.53 bits per heavy atom.